The van der Waals surface area contributed by atoms with Gasteiger partial charge in [-0.05, 0) is 28.3 Å². The van der Waals surface area contributed by atoms with Crippen molar-refractivity contribution in [1.29, 1.82) is 0 Å². The van der Waals surface area contributed by atoms with Gasteiger partial charge in [0.15, 0.2) is 11.6 Å². The number of aromatic nitrogens is 3. The minimum atomic E-state index is -0.0289. The first-order valence-electron chi connectivity index (χ1n) is 14.2. The van der Waals surface area contributed by atoms with Crippen LogP contribution in [0.25, 0.3) is 22.4 Å². The Morgan fingerprint density at radius 1 is 0.805 bits per heavy atom. The summed E-state index contributed by atoms with van der Waals surface area (Å²) >= 11 is 0. The van der Waals surface area contributed by atoms with Gasteiger partial charge in [0, 0.05) is 57.3 Å². The number of fused-ring (bicyclic) bond motifs is 1. The highest BCUT2D eigenvalue weighted by molar-refractivity contribution is 5.88. The first-order chi connectivity index (χ1) is 20.1. The normalized spacial score (nSPS) is 16.3. The monoisotopic (exact) mass is 553 g/mol. The Labute approximate surface area is 239 Å². The number of hydrogen-bond donors (Lipinski definition) is 1. The molecule has 2 fully saturated rings. The van der Waals surface area contributed by atoms with Crippen molar-refractivity contribution < 1.29 is 19.4 Å². The van der Waals surface area contributed by atoms with E-state index < -0.39 is 0 Å². The number of pyridine rings is 1. The quantitative estimate of drug-likeness (QED) is 0.335. The van der Waals surface area contributed by atoms with Gasteiger partial charge in [0.1, 0.15) is 11.3 Å². The lowest BCUT2D eigenvalue weighted by Gasteiger charge is -2.29. The third kappa shape index (κ3) is 6.77. The van der Waals surface area contributed by atoms with Gasteiger partial charge in [0.05, 0.1) is 38.6 Å². The predicted octanol–water partition coefficient (Wildman–Crippen LogP) is 3.21. The molecule has 0 unspecified atom stereocenters. The van der Waals surface area contributed by atoms with E-state index in [1.54, 1.807) is 0 Å². The van der Waals surface area contributed by atoms with E-state index in [4.69, 9.17) is 24.4 Å². The average Bonchev–Trinajstić information content (AvgIpc) is 3.02. The van der Waals surface area contributed by atoms with Crippen molar-refractivity contribution in [3.63, 3.8) is 0 Å². The fraction of sp³-hybridized carbons (Fsp3) is 0.375. The molecule has 41 heavy (non-hydrogen) atoms. The van der Waals surface area contributed by atoms with Crippen LogP contribution in [0, 0.1) is 0 Å². The maximum absolute atomic E-state index is 12.8. The van der Waals surface area contributed by atoms with E-state index in [-0.39, 0.29) is 12.4 Å². The van der Waals surface area contributed by atoms with Gasteiger partial charge in [-0.3, -0.25) is 14.7 Å². The zero-order chi connectivity index (χ0) is 28.0. The molecule has 0 amide bonds. The molecule has 2 saturated heterocycles. The number of aliphatic hydroxyl groups excluding tert-OH is 1. The van der Waals surface area contributed by atoms with Crippen molar-refractivity contribution in [3.05, 3.63) is 83.0 Å². The van der Waals surface area contributed by atoms with Crippen LogP contribution in [0.2, 0.25) is 0 Å². The molecule has 9 nitrogen and oxygen atoms in total. The number of ether oxygens (including phenoxy) is 2. The van der Waals surface area contributed by atoms with Crippen molar-refractivity contribution in [2.75, 3.05) is 57.5 Å². The van der Waals surface area contributed by atoms with E-state index in [0.29, 0.717) is 31.9 Å². The average molecular weight is 554 g/mol. The summed E-state index contributed by atoms with van der Waals surface area (Å²) in [5.74, 6) is 1.60. The molecule has 0 bridgehead atoms. The van der Waals surface area contributed by atoms with Gasteiger partial charge in [0.25, 0.3) is 0 Å². The van der Waals surface area contributed by atoms with Gasteiger partial charge < -0.3 is 19.5 Å². The second-order valence-electron chi connectivity index (χ2n) is 10.6. The zero-order valence-electron chi connectivity index (χ0n) is 23.2. The number of rotatable bonds is 9. The number of aliphatic hydroxyl groups is 1. The Hall–Kier alpha value is -3.76. The predicted molar refractivity (Wildman–Crippen MR) is 157 cm³/mol. The Kier molecular flexibility index (Phi) is 8.57. The highest BCUT2D eigenvalue weighted by Gasteiger charge is 2.20. The molecule has 0 aliphatic carbocycles. The summed E-state index contributed by atoms with van der Waals surface area (Å²) in [5.41, 5.74) is 6.32. The summed E-state index contributed by atoms with van der Waals surface area (Å²) < 4.78 is 11.1. The minimum Gasteiger partial charge on any atom is -0.392 e. The van der Waals surface area contributed by atoms with Crippen LogP contribution in [0.5, 0.6) is 0 Å². The van der Waals surface area contributed by atoms with Gasteiger partial charge >= 0.3 is 0 Å². The highest BCUT2D eigenvalue weighted by Crippen LogP contribution is 2.28. The zero-order valence-corrected chi connectivity index (χ0v) is 23.2. The second-order valence-corrected chi connectivity index (χ2v) is 10.6. The van der Waals surface area contributed by atoms with Crippen molar-refractivity contribution in [1.82, 2.24) is 19.9 Å². The standard InChI is InChI=1S/C32H35N5O4/c38-22-25-3-1-2-24(16-25)18-28(39)17-23-4-6-27(7-5-23)31-34-29-19-26(21-36-8-12-40-13-9-36)20-33-30(29)32(35-31)37-10-14-41-15-11-37/h1-7,16,19-20,38H,8-15,17-18,21-22H2. The molecule has 2 aliphatic heterocycles. The van der Waals surface area contributed by atoms with E-state index in [1.807, 2.05) is 54.7 Å². The minimum absolute atomic E-state index is 0.0289. The molecule has 0 radical (unpaired) electrons. The fourth-order valence-electron chi connectivity index (χ4n) is 5.40. The van der Waals surface area contributed by atoms with Crippen LogP contribution in [0.15, 0.2) is 60.8 Å². The van der Waals surface area contributed by atoms with Crippen LogP contribution in [-0.4, -0.2) is 83.3 Å². The molecule has 9 heteroatoms. The van der Waals surface area contributed by atoms with Gasteiger partial charge in [-0.2, -0.15) is 0 Å². The number of benzene rings is 2. The number of carbonyl (C=O) groups excluding carboxylic acids is 1. The number of Topliss-reactive ketones (excluding diaryl/α,β-unsaturated/α-hetero) is 1. The molecule has 2 aromatic heterocycles. The van der Waals surface area contributed by atoms with E-state index in [0.717, 1.165) is 90.6 Å². The number of carbonyl (C=O) groups is 1. The van der Waals surface area contributed by atoms with Gasteiger partial charge in [-0.15, -0.1) is 0 Å². The van der Waals surface area contributed by atoms with Crippen molar-refractivity contribution >= 4 is 22.6 Å². The van der Waals surface area contributed by atoms with Crippen LogP contribution in [-0.2, 0) is 40.3 Å². The number of hydrogen-bond acceptors (Lipinski definition) is 9. The number of nitrogens with zero attached hydrogens (tertiary/aromatic N) is 5. The van der Waals surface area contributed by atoms with Crippen molar-refractivity contribution in [2.45, 2.75) is 26.0 Å². The Bertz CT molecular complexity index is 1500. The van der Waals surface area contributed by atoms with Gasteiger partial charge in [-0.25, -0.2) is 9.97 Å². The molecule has 2 aliphatic rings. The van der Waals surface area contributed by atoms with Crippen molar-refractivity contribution in [2.24, 2.45) is 0 Å². The first-order valence-corrected chi connectivity index (χ1v) is 14.2. The summed E-state index contributed by atoms with van der Waals surface area (Å²) in [6.07, 6.45) is 2.62. The van der Waals surface area contributed by atoms with Crippen LogP contribution in [0.4, 0.5) is 5.82 Å². The van der Waals surface area contributed by atoms with E-state index in [2.05, 4.69) is 15.9 Å². The first kappa shape index (κ1) is 27.4. The summed E-state index contributed by atoms with van der Waals surface area (Å²) in [5, 5.41) is 9.37. The van der Waals surface area contributed by atoms with Crippen LogP contribution in [0.3, 0.4) is 0 Å². The summed E-state index contributed by atoms with van der Waals surface area (Å²) in [4.78, 5) is 32.1. The third-order valence-corrected chi connectivity index (χ3v) is 7.58. The highest BCUT2D eigenvalue weighted by atomic mass is 16.5. The van der Waals surface area contributed by atoms with Crippen LogP contribution >= 0.6 is 0 Å². The number of anilines is 1. The molecule has 1 N–H and O–H groups in total. The number of ketones is 1. The van der Waals surface area contributed by atoms with E-state index in [9.17, 15) is 9.90 Å². The summed E-state index contributed by atoms with van der Waals surface area (Å²) in [6, 6.07) is 17.6. The van der Waals surface area contributed by atoms with Crippen LogP contribution < -0.4 is 4.90 Å². The van der Waals surface area contributed by atoms with E-state index in [1.165, 1.54) is 0 Å². The Morgan fingerprint density at radius 2 is 1.51 bits per heavy atom. The second kappa shape index (κ2) is 12.8. The molecule has 6 rings (SSSR count). The summed E-state index contributed by atoms with van der Waals surface area (Å²) in [7, 11) is 0. The van der Waals surface area contributed by atoms with Crippen molar-refractivity contribution in [3.8, 4) is 11.4 Å². The smallest absolute Gasteiger partial charge is 0.162 e. The molecule has 0 atom stereocenters. The van der Waals surface area contributed by atoms with Gasteiger partial charge in [-0.1, -0.05) is 48.5 Å². The molecule has 4 aromatic rings. The van der Waals surface area contributed by atoms with Crippen LogP contribution in [0.1, 0.15) is 22.3 Å². The summed E-state index contributed by atoms with van der Waals surface area (Å²) in [6.45, 7) is 6.94. The molecular formula is C32H35N5O4. The topological polar surface area (TPSA) is 101 Å². The fourth-order valence-corrected chi connectivity index (χ4v) is 5.40. The molecule has 2 aromatic carbocycles. The maximum Gasteiger partial charge on any atom is 0.162 e. The lowest BCUT2D eigenvalue weighted by Crippen LogP contribution is -2.37. The third-order valence-electron chi connectivity index (χ3n) is 7.58. The Morgan fingerprint density at radius 3 is 2.27 bits per heavy atom. The Balaban J connectivity index is 1.24. The molecule has 0 saturated carbocycles. The SMILES string of the molecule is O=C(Cc1ccc(-c2nc(N3CCOCC3)c3ncc(CN4CCOCC4)cc3n2)cc1)Cc1cccc(CO)c1. The molecule has 0 spiro atoms. The molecule has 212 valence electrons. The van der Waals surface area contributed by atoms with Gasteiger partial charge in [0.2, 0.25) is 0 Å². The molecular weight excluding hydrogens is 518 g/mol. The lowest BCUT2D eigenvalue weighted by molar-refractivity contribution is -0.117. The maximum atomic E-state index is 12.8. The van der Waals surface area contributed by atoms with E-state index >= 15 is 0 Å². The molecule has 4 heterocycles. The lowest BCUT2D eigenvalue weighted by atomic mass is 10.0. The largest absolute Gasteiger partial charge is 0.392 e. The number of morpholine rings is 2.